The number of nitrogens with two attached hydrogens (primary N) is 1. The van der Waals surface area contributed by atoms with Gasteiger partial charge >= 0.3 is 5.97 Å². The molecule has 25 heavy (non-hydrogen) atoms. The average molecular weight is 338 g/mol. The minimum absolute atomic E-state index is 0.223. The van der Waals surface area contributed by atoms with Crippen LogP contribution in [0.2, 0.25) is 0 Å². The van der Waals surface area contributed by atoms with Crippen molar-refractivity contribution in [1.29, 1.82) is 0 Å². The first-order chi connectivity index (χ1) is 12.1. The lowest BCUT2D eigenvalue weighted by molar-refractivity contribution is -0.142. The Balaban J connectivity index is 1.82. The number of carbonyl (C=O) groups excluding carboxylic acids is 1. The zero-order valence-electron chi connectivity index (χ0n) is 15.0. The third-order valence-corrected chi connectivity index (χ3v) is 4.81. The fourth-order valence-electron chi connectivity index (χ4n) is 3.50. The minimum Gasteiger partial charge on any atom is -0.466 e. The normalized spacial score (nSPS) is 16.2. The van der Waals surface area contributed by atoms with Crippen molar-refractivity contribution in [1.82, 2.24) is 0 Å². The van der Waals surface area contributed by atoms with Crippen LogP contribution in [-0.4, -0.2) is 12.6 Å². The van der Waals surface area contributed by atoms with E-state index in [0.29, 0.717) is 6.61 Å². The van der Waals surface area contributed by atoms with Crippen LogP contribution < -0.4 is 11.1 Å². The number of benzene rings is 2. The predicted octanol–water partition coefficient (Wildman–Crippen LogP) is 4.17. The van der Waals surface area contributed by atoms with Crippen molar-refractivity contribution >= 4 is 17.3 Å². The zero-order valence-corrected chi connectivity index (χ0v) is 15.0. The topological polar surface area (TPSA) is 64.3 Å². The molecule has 132 valence electrons. The highest BCUT2D eigenvalue weighted by molar-refractivity contribution is 5.76. The fraction of sp³-hybridized carbons (Fsp3) is 0.381. The number of rotatable bonds is 5. The number of nitrogen functional groups attached to an aromatic ring is 1. The van der Waals surface area contributed by atoms with Gasteiger partial charge in [0.25, 0.3) is 0 Å². The molecule has 0 saturated heterocycles. The lowest BCUT2D eigenvalue weighted by Crippen LogP contribution is -2.20. The summed E-state index contributed by atoms with van der Waals surface area (Å²) in [7, 11) is 0. The van der Waals surface area contributed by atoms with Gasteiger partial charge in [0.05, 0.1) is 19.1 Å². The zero-order chi connectivity index (χ0) is 17.8. The first-order valence-corrected chi connectivity index (χ1v) is 8.97. The quantitative estimate of drug-likeness (QED) is 0.634. The van der Waals surface area contributed by atoms with E-state index in [4.69, 9.17) is 10.5 Å². The van der Waals surface area contributed by atoms with Gasteiger partial charge in [0, 0.05) is 11.4 Å². The molecule has 0 saturated carbocycles. The molecule has 4 nitrogen and oxygen atoms in total. The summed E-state index contributed by atoms with van der Waals surface area (Å²) in [6.45, 7) is 4.30. The van der Waals surface area contributed by atoms with Crippen molar-refractivity contribution in [3.05, 3.63) is 58.7 Å². The van der Waals surface area contributed by atoms with Crippen LogP contribution in [0.1, 0.15) is 48.1 Å². The summed E-state index contributed by atoms with van der Waals surface area (Å²) in [6.07, 6.45) is 3.37. The first-order valence-electron chi connectivity index (χ1n) is 8.97. The number of esters is 1. The van der Waals surface area contributed by atoms with Crippen LogP contribution >= 0.6 is 0 Å². The van der Waals surface area contributed by atoms with Crippen molar-refractivity contribution in [2.75, 3.05) is 17.7 Å². The summed E-state index contributed by atoms with van der Waals surface area (Å²) < 4.78 is 5.05. The van der Waals surface area contributed by atoms with Crippen molar-refractivity contribution in [3.63, 3.8) is 0 Å². The van der Waals surface area contributed by atoms with Crippen LogP contribution in [0.3, 0.4) is 0 Å². The largest absolute Gasteiger partial charge is 0.466 e. The SMILES string of the molecule is CCOC(=O)Cc1ccc2c(c1N)CCCC2Nc1ccc(C)cc1. The highest BCUT2D eigenvalue weighted by Gasteiger charge is 2.23. The van der Waals surface area contributed by atoms with E-state index < -0.39 is 0 Å². The van der Waals surface area contributed by atoms with Gasteiger partial charge in [-0.25, -0.2) is 0 Å². The molecule has 1 atom stereocenters. The fourth-order valence-corrected chi connectivity index (χ4v) is 3.50. The maximum absolute atomic E-state index is 11.8. The van der Waals surface area contributed by atoms with Crippen LogP contribution in [-0.2, 0) is 22.4 Å². The number of anilines is 2. The van der Waals surface area contributed by atoms with Gasteiger partial charge in [0.1, 0.15) is 0 Å². The van der Waals surface area contributed by atoms with Crippen LogP contribution in [0, 0.1) is 6.92 Å². The second-order valence-electron chi connectivity index (χ2n) is 6.64. The van der Waals surface area contributed by atoms with E-state index in [0.717, 1.165) is 36.2 Å². The van der Waals surface area contributed by atoms with Gasteiger partial charge in [-0.15, -0.1) is 0 Å². The van der Waals surface area contributed by atoms with Crippen molar-refractivity contribution < 1.29 is 9.53 Å². The summed E-state index contributed by atoms with van der Waals surface area (Å²) in [6, 6.07) is 12.8. The van der Waals surface area contributed by atoms with E-state index in [1.165, 1.54) is 16.7 Å². The van der Waals surface area contributed by atoms with Gasteiger partial charge in [0.2, 0.25) is 0 Å². The second kappa shape index (κ2) is 7.60. The molecular formula is C21H26N2O2. The third kappa shape index (κ3) is 3.95. The Morgan fingerprint density at radius 3 is 2.72 bits per heavy atom. The molecule has 0 heterocycles. The van der Waals surface area contributed by atoms with Crippen molar-refractivity contribution in [2.24, 2.45) is 0 Å². The van der Waals surface area contributed by atoms with Gasteiger partial charge in [-0.1, -0.05) is 29.8 Å². The van der Waals surface area contributed by atoms with Gasteiger partial charge in [0.15, 0.2) is 0 Å². The Labute approximate surface area is 149 Å². The maximum atomic E-state index is 11.8. The molecular weight excluding hydrogens is 312 g/mol. The number of carbonyl (C=O) groups is 1. The number of hydrogen-bond donors (Lipinski definition) is 2. The molecule has 0 radical (unpaired) electrons. The molecule has 0 fully saturated rings. The third-order valence-electron chi connectivity index (χ3n) is 4.81. The molecule has 0 aliphatic heterocycles. The van der Waals surface area contributed by atoms with Crippen molar-refractivity contribution in [2.45, 2.75) is 45.6 Å². The summed E-state index contributed by atoms with van der Waals surface area (Å²) in [5, 5.41) is 3.62. The van der Waals surface area contributed by atoms with E-state index in [1.807, 2.05) is 13.0 Å². The molecule has 1 aliphatic carbocycles. The van der Waals surface area contributed by atoms with Crippen LogP contribution in [0.4, 0.5) is 11.4 Å². The molecule has 0 amide bonds. The minimum atomic E-state index is -0.223. The molecule has 2 aromatic rings. The van der Waals surface area contributed by atoms with Crippen LogP contribution in [0.15, 0.2) is 36.4 Å². The second-order valence-corrected chi connectivity index (χ2v) is 6.64. The Morgan fingerprint density at radius 2 is 2.00 bits per heavy atom. The molecule has 3 rings (SSSR count). The molecule has 0 bridgehead atoms. The highest BCUT2D eigenvalue weighted by atomic mass is 16.5. The average Bonchev–Trinajstić information content (AvgIpc) is 2.60. The molecule has 4 heteroatoms. The lowest BCUT2D eigenvalue weighted by Gasteiger charge is -2.29. The Kier molecular flexibility index (Phi) is 5.27. The van der Waals surface area contributed by atoms with E-state index in [1.54, 1.807) is 0 Å². The first kappa shape index (κ1) is 17.3. The summed E-state index contributed by atoms with van der Waals surface area (Å²) in [5.41, 5.74) is 12.8. The molecule has 0 aromatic heterocycles. The van der Waals surface area contributed by atoms with Gasteiger partial charge in [-0.05, 0) is 61.9 Å². The number of nitrogens with one attached hydrogen (secondary N) is 1. The van der Waals surface area contributed by atoms with Crippen molar-refractivity contribution in [3.8, 4) is 0 Å². The maximum Gasteiger partial charge on any atom is 0.310 e. The predicted molar refractivity (Wildman–Crippen MR) is 102 cm³/mol. The molecule has 2 aromatic carbocycles. The van der Waals surface area contributed by atoms with Gasteiger partial charge in [-0.2, -0.15) is 0 Å². The summed E-state index contributed by atoms with van der Waals surface area (Å²) in [4.78, 5) is 11.8. The number of fused-ring (bicyclic) bond motifs is 1. The van der Waals surface area contributed by atoms with Gasteiger partial charge in [-0.3, -0.25) is 4.79 Å². The molecule has 1 aliphatic rings. The summed E-state index contributed by atoms with van der Waals surface area (Å²) in [5.74, 6) is -0.223. The Bertz CT molecular complexity index is 753. The number of hydrogen-bond acceptors (Lipinski definition) is 4. The number of aryl methyl sites for hydroxylation is 1. The monoisotopic (exact) mass is 338 g/mol. The summed E-state index contributed by atoms with van der Waals surface area (Å²) >= 11 is 0. The van der Waals surface area contributed by atoms with Crippen LogP contribution in [0.25, 0.3) is 0 Å². The Morgan fingerprint density at radius 1 is 1.24 bits per heavy atom. The Hall–Kier alpha value is -2.49. The van der Waals surface area contributed by atoms with E-state index >= 15 is 0 Å². The van der Waals surface area contributed by atoms with Gasteiger partial charge < -0.3 is 15.8 Å². The molecule has 0 spiro atoms. The van der Waals surface area contributed by atoms with E-state index in [9.17, 15) is 4.79 Å². The van der Waals surface area contributed by atoms with E-state index in [-0.39, 0.29) is 18.4 Å². The smallest absolute Gasteiger partial charge is 0.310 e. The number of ether oxygens (including phenoxy) is 1. The molecule has 3 N–H and O–H groups in total. The van der Waals surface area contributed by atoms with Crippen LogP contribution in [0.5, 0.6) is 0 Å². The standard InChI is InChI=1S/C21H26N2O2/c1-3-25-20(24)13-15-9-12-17-18(21(15)22)5-4-6-19(17)23-16-10-7-14(2)8-11-16/h7-12,19,23H,3-6,13,22H2,1-2H3. The molecule has 1 unspecified atom stereocenters. The lowest BCUT2D eigenvalue weighted by atomic mass is 9.84. The van der Waals surface area contributed by atoms with E-state index in [2.05, 4.69) is 42.6 Å². The highest BCUT2D eigenvalue weighted by Crippen LogP contribution is 2.37.